The Bertz CT molecular complexity index is 650. The quantitative estimate of drug-likeness (QED) is 0.903. The van der Waals surface area contributed by atoms with E-state index in [-0.39, 0.29) is 5.41 Å². The zero-order chi connectivity index (χ0) is 14.8. The van der Waals surface area contributed by atoms with Crippen molar-refractivity contribution in [3.63, 3.8) is 0 Å². The number of thiazole rings is 1. The summed E-state index contributed by atoms with van der Waals surface area (Å²) in [5.41, 5.74) is 2.55. The first-order valence-electron chi connectivity index (χ1n) is 6.28. The molecule has 3 nitrogen and oxygen atoms in total. The maximum Gasteiger partial charge on any atom is 0.112 e. The lowest BCUT2D eigenvalue weighted by atomic mass is 9.93. The van der Waals surface area contributed by atoms with Gasteiger partial charge in [0.2, 0.25) is 0 Å². The van der Waals surface area contributed by atoms with E-state index in [1.165, 1.54) is 0 Å². The van der Waals surface area contributed by atoms with Crippen LogP contribution in [-0.2, 0) is 12.0 Å². The Labute approximate surface area is 128 Å². The van der Waals surface area contributed by atoms with Crippen LogP contribution < -0.4 is 5.32 Å². The summed E-state index contributed by atoms with van der Waals surface area (Å²) in [6, 6.07) is 7.29. The smallest absolute Gasteiger partial charge is 0.112 e. The van der Waals surface area contributed by atoms with Crippen molar-refractivity contribution in [3.05, 3.63) is 44.9 Å². The minimum absolute atomic E-state index is 0.0703. The van der Waals surface area contributed by atoms with Gasteiger partial charge >= 0.3 is 0 Å². The van der Waals surface area contributed by atoms with Gasteiger partial charge in [-0.1, -0.05) is 32.4 Å². The van der Waals surface area contributed by atoms with Crippen molar-refractivity contribution in [1.29, 1.82) is 5.26 Å². The lowest BCUT2D eigenvalue weighted by molar-refractivity contribution is 0.571. The molecule has 0 saturated carbocycles. The molecule has 1 heterocycles. The standard InChI is InChI=1S/C15H16ClN3S/c1-15(2,3)13-9-20-14(19-13)8-18-12-5-4-10(7-17)6-11(12)16/h4-6,9,18H,8H2,1-3H3. The highest BCUT2D eigenvalue weighted by atomic mass is 35.5. The fraction of sp³-hybridized carbons (Fsp3) is 0.333. The zero-order valence-corrected chi connectivity index (χ0v) is 13.3. The van der Waals surface area contributed by atoms with E-state index in [1.54, 1.807) is 23.5 Å². The number of nitriles is 1. The number of hydrogen-bond acceptors (Lipinski definition) is 4. The molecule has 0 bridgehead atoms. The Morgan fingerprint density at radius 2 is 2.15 bits per heavy atom. The molecular weight excluding hydrogens is 290 g/mol. The van der Waals surface area contributed by atoms with Gasteiger partial charge in [0, 0.05) is 10.8 Å². The second kappa shape index (κ2) is 5.82. The second-order valence-electron chi connectivity index (χ2n) is 5.54. The Morgan fingerprint density at radius 1 is 1.40 bits per heavy atom. The minimum Gasteiger partial charge on any atom is -0.377 e. The highest BCUT2D eigenvalue weighted by molar-refractivity contribution is 7.09. The van der Waals surface area contributed by atoms with Crippen molar-refractivity contribution in [1.82, 2.24) is 4.98 Å². The van der Waals surface area contributed by atoms with E-state index in [2.05, 4.69) is 42.5 Å². The van der Waals surface area contributed by atoms with E-state index in [1.807, 2.05) is 6.07 Å². The molecule has 0 saturated heterocycles. The molecule has 0 spiro atoms. The second-order valence-corrected chi connectivity index (χ2v) is 6.89. The number of hydrogen-bond donors (Lipinski definition) is 1. The Morgan fingerprint density at radius 3 is 2.70 bits per heavy atom. The summed E-state index contributed by atoms with van der Waals surface area (Å²) in [6.45, 7) is 7.08. The van der Waals surface area contributed by atoms with Crippen LogP contribution in [0.2, 0.25) is 5.02 Å². The first-order valence-corrected chi connectivity index (χ1v) is 7.54. The first kappa shape index (κ1) is 14.8. The highest BCUT2D eigenvalue weighted by Gasteiger charge is 2.17. The van der Waals surface area contributed by atoms with E-state index in [4.69, 9.17) is 16.9 Å². The van der Waals surface area contributed by atoms with Crippen molar-refractivity contribution in [2.45, 2.75) is 32.7 Å². The van der Waals surface area contributed by atoms with Gasteiger partial charge < -0.3 is 5.32 Å². The molecule has 0 unspecified atom stereocenters. The SMILES string of the molecule is CC(C)(C)c1csc(CNc2ccc(C#N)cc2Cl)n1. The molecule has 2 aromatic rings. The van der Waals surface area contributed by atoms with E-state index < -0.39 is 0 Å². The molecular formula is C15H16ClN3S. The summed E-state index contributed by atoms with van der Waals surface area (Å²) < 4.78 is 0. The Hall–Kier alpha value is -1.57. The van der Waals surface area contributed by atoms with E-state index in [9.17, 15) is 0 Å². The molecule has 0 aliphatic rings. The van der Waals surface area contributed by atoms with Gasteiger partial charge in [0.05, 0.1) is 34.6 Å². The summed E-state index contributed by atoms with van der Waals surface area (Å²) in [5, 5.41) is 15.7. The molecule has 1 aromatic carbocycles. The van der Waals surface area contributed by atoms with Crippen molar-refractivity contribution < 1.29 is 0 Å². The largest absolute Gasteiger partial charge is 0.377 e. The molecule has 0 aliphatic carbocycles. The third-order valence-corrected chi connectivity index (χ3v) is 4.01. The van der Waals surface area contributed by atoms with Crippen LogP contribution in [0.3, 0.4) is 0 Å². The van der Waals surface area contributed by atoms with E-state index in [0.717, 1.165) is 16.4 Å². The van der Waals surface area contributed by atoms with E-state index in [0.29, 0.717) is 17.1 Å². The molecule has 5 heteroatoms. The Balaban J connectivity index is 2.06. The average molecular weight is 306 g/mol. The number of nitrogens with zero attached hydrogens (tertiary/aromatic N) is 2. The fourth-order valence-corrected chi connectivity index (χ4v) is 2.84. The third kappa shape index (κ3) is 3.50. The van der Waals surface area contributed by atoms with Crippen LogP contribution in [0.1, 0.15) is 37.0 Å². The lowest BCUT2D eigenvalue weighted by Gasteiger charge is -2.14. The van der Waals surface area contributed by atoms with Gasteiger partial charge in [-0.05, 0) is 18.2 Å². The molecule has 0 radical (unpaired) electrons. The number of aromatic nitrogens is 1. The molecule has 1 N–H and O–H groups in total. The van der Waals surface area contributed by atoms with Crippen LogP contribution >= 0.6 is 22.9 Å². The van der Waals surface area contributed by atoms with Gasteiger partial charge in [-0.3, -0.25) is 0 Å². The van der Waals surface area contributed by atoms with Gasteiger partial charge in [-0.25, -0.2) is 4.98 Å². The van der Waals surface area contributed by atoms with Crippen molar-refractivity contribution in [2.75, 3.05) is 5.32 Å². The number of rotatable bonds is 3. The van der Waals surface area contributed by atoms with Crippen molar-refractivity contribution in [2.24, 2.45) is 0 Å². The summed E-state index contributed by atoms with van der Waals surface area (Å²) in [6.07, 6.45) is 0. The number of benzene rings is 1. The Kier molecular flexibility index (Phi) is 4.32. The predicted molar refractivity (Wildman–Crippen MR) is 84.3 cm³/mol. The monoisotopic (exact) mass is 305 g/mol. The molecule has 1 aromatic heterocycles. The maximum atomic E-state index is 8.80. The normalized spacial score (nSPS) is 11.2. The average Bonchev–Trinajstić information content (AvgIpc) is 2.86. The molecule has 104 valence electrons. The molecule has 20 heavy (non-hydrogen) atoms. The molecule has 0 atom stereocenters. The molecule has 2 rings (SSSR count). The van der Waals surface area contributed by atoms with Crippen LogP contribution in [0.15, 0.2) is 23.6 Å². The summed E-state index contributed by atoms with van der Waals surface area (Å²) in [7, 11) is 0. The van der Waals surface area contributed by atoms with Crippen molar-refractivity contribution in [3.8, 4) is 6.07 Å². The lowest BCUT2D eigenvalue weighted by Crippen LogP contribution is -2.11. The zero-order valence-electron chi connectivity index (χ0n) is 11.7. The van der Waals surface area contributed by atoms with Gasteiger partial charge in [0.25, 0.3) is 0 Å². The highest BCUT2D eigenvalue weighted by Crippen LogP contribution is 2.26. The van der Waals surface area contributed by atoms with Crippen LogP contribution in [0, 0.1) is 11.3 Å². The van der Waals surface area contributed by atoms with Crippen LogP contribution in [-0.4, -0.2) is 4.98 Å². The van der Waals surface area contributed by atoms with Crippen LogP contribution in [0.5, 0.6) is 0 Å². The third-order valence-electron chi connectivity index (χ3n) is 2.85. The molecule has 0 fully saturated rings. The fourth-order valence-electron chi connectivity index (χ4n) is 1.64. The molecule has 0 amide bonds. The summed E-state index contributed by atoms with van der Waals surface area (Å²) >= 11 is 7.76. The number of anilines is 1. The first-order chi connectivity index (χ1) is 9.40. The topological polar surface area (TPSA) is 48.7 Å². The van der Waals surface area contributed by atoms with Gasteiger partial charge in [-0.15, -0.1) is 11.3 Å². The summed E-state index contributed by atoms with van der Waals surface area (Å²) in [4.78, 5) is 4.62. The predicted octanol–water partition coefficient (Wildman–Crippen LogP) is 4.58. The minimum atomic E-state index is 0.0703. The molecule has 0 aliphatic heterocycles. The van der Waals surface area contributed by atoms with Crippen LogP contribution in [0.4, 0.5) is 5.69 Å². The number of halogens is 1. The van der Waals surface area contributed by atoms with Gasteiger partial charge in [0.15, 0.2) is 0 Å². The maximum absolute atomic E-state index is 8.80. The van der Waals surface area contributed by atoms with E-state index >= 15 is 0 Å². The van der Waals surface area contributed by atoms with Crippen molar-refractivity contribution >= 4 is 28.6 Å². The van der Waals surface area contributed by atoms with Gasteiger partial charge in [0.1, 0.15) is 5.01 Å². The van der Waals surface area contributed by atoms with Crippen LogP contribution in [0.25, 0.3) is 0 Å². The summed E-state index contributed by atoms with van der Waals surface area (Å²) in [5.74, 6) is 0. The van der Waals surface area contributed by atoms with Gasteiger partial charge in [-0.2, -0.15) is 5.26 Å². The number of nitrogens with one attached hydrogen (secondary N) is 1.